The molecule has 0 radical (unpaired) electrons. The van der Waals surface area contributed by atoms with Crippen LogP contribution in [0.5, 0.6) is 0 Å². The number of aromatic nitrogens is 2. The van der Waals surface area contributed by atoms with Crippen molar-refractivity contribution in [2.24, 2.45) is 0 Å². The summed E-state index contributed by atoms with van der Waals surface area (Å²) in [4.78, 5) is 11.4. The van der Waals surface area contributed by atoms with E-state index >= 15 is 0 Å². The third-order valence-electron chi connectivity index (χ3n) is 1.66. The third kappa shape index (κ3) is 4.80. The van der Waals surface area contributed by atoms with Crippen molar-refractivity contribution in [3.8, 4) is 0 Å². The minimum atomic E-state index is -2.53. The van der Waals surface area contributed by atoms with Gasteiger partial charge in [0.2, 0.25) is 0 Å². The van der Waals surface area contributed by atoms with Crippen LogP contribution < -0.4 is 5.32 Å². The second-order valence-corrected chi connectivity index (χ2v) is 4.42. The van der Waals surface area contributed by atoms with Gasteiger partial charge in [-0.2, -0.15) is 5.10 Å². The van der Waals surface area contributed by atoms with E-state index in [1.807, 2.05) is 0 Å². The normalized spacial score (nSPS) is 11.6. The zero-order chi connectivity index (χ0) is 13.1. The van der Waals surface area contributed by atoms with Crippen molar-refractivity contribution in [2.75, 3.05) is 5.32 Å². The molecule has 1 aromatic rings. The number of nitrogens with one attached hydrogen (secondary N) is 1. The van der Waals surface area contributed by atoms with E-state index < -0.39 is 24.7 Å². The Morgan fingerprint density at radius 3 is 2.76 bits per heavy atom. The maximum absolute atomic E-state index is 12.2. The molecule has 1 amide bonds. The molecule has 0 unspecified atom stereocenters. The molecule has 0 bridgehead atoms. The van der Waals surface area contributed by atoms with Crippen molar-refractivity contribution in [1.29, 1.82) is 0 Å². The van der Waals surface area contributed by atoms with Gasteiger partial charge in [0, 0.05) is 6.07 Å². The molecule has 1 rings (SSSR count). The third-order valence-corrected chi connectivity index (χ3v) is 1.66. The predicted octanol–water partition coefficient (Wildman–Crippen LogP) is 2.50. The molecule has 0 saturated heterocycles. The monoisotopic (exact) mass is 247 g/mol. The number of carbonyl (C=O) groups is 1. The number of nitrogens with zero attached hydrogens (tertiary/aromatic N) is 2. The number of alkyl halides is 2. The molecule has 0 aliphatic carbocycles. The molecule has 0 atom stereocenters. The van der Waals surface area contributed by atoms with Crippen molar-refractivity contribution in [2.45, 2.75) is 39.3 Å². The summed E-state index contributed by atoms with van der Waals surface area (Å²) in [7, 11) is 0. The lowest BCUT2D eigenvalue weighted by molar-refractivity contribution is 0.0632. The highest BCUT2D eigenvalue weighted by Gasteiger charge is 2.18. The van der Waals surface area contributed by atoms with Gasteiger partial charge in [-0.1, -0.05) is 0 Å². The van der Waals surface area contributed by atoms with Gasteiger partial charge in [-0.3, -0.25) is 5.32 Å². The summed E-state index contributed by atoms with van der Waals surface area (Å²) in [5, 5.41) is 6.03. The summed E-state index contributed by atoms with van der Waals surface area (Å²) in [6.07, 6.45) is -1.91. The smallest absolute Gasteiger partial charge is 0.413 e. The fourth-order valence-electron chi connectivity index (χ4n) is 1.12. The van der Waals surface area contributed by atoms with Crippen LogP contribution in [0.3, 0.4) is 0 Å². The molecule has 7 heteroatoms. The predicted molar refractivity (Wildman–Crippen MR) is 58.1 cm³/mol. The lowest BCUT2D eigenvalue weighted by Gasteiger charge is -2.19. The number of anilines is 1. The van der Waals surface area contributed by atoms with Gasteiger partial charge in [0.25, 0.3) is 6.43 Å². The van der Waals surface area contributed by atoms with Crippen LogP contribution in [-0.2, 0) is 11.3 Å². The van der Waals surface area contributed by atoms with E-state index in [4.69, 9.17) is 4.74 Å². The van der Waals surface area contributed by atoms with Crippen LogP contribution in [0.15, 0.2) is 12.3 Å². The van der Waals surface area contributed by atoms with Crippen LogP contribution in [0.25, 0.3) is 0 Å². The number of rotatable bonds is 3. The number of ether oxygens (including phenoxy) is 1. The summed E-state index contributed by atoms with van der Waals surface area (Å²) >= 11 is 0. The minimum absolute atomic E-state index is 0.180. The molecule has 0 spiro atoms. The van der Waals surface area contributed by atoms with E-state index in [2.05, 4.69) is 10.4 Å². The molecule has 1 aromatic heterocycles. The quantitative estimate of drug-likeness (QED) is 0.892. The number of hydrogen-bond donors (Lipinski definition) is 1. The van der Waals surface area contributed by atoms with Crippen LogP contribution >= 0.6 is 0 Å². The Hall–Kier alpha value is -1.66. The summed E-state index contributed by atoms with van der Waals surface area (Å²) in [5.41, 5.74) is -0.641. The van der Waals surface area contributed by atoms with Gasteiger partial charge in [0.15, 0.2) is 0 Å². The maximum Gasteiger partial charge on any atom is 0.413 e. The molecule has 1 N–H and O–H groups in total. The molecule has 0 saturated carbocycles. The van der Waals surface area contributed by atoms with Gasteiger partial charge in [-0.05, 0) is 20.8 Å². The van der Waals surface area contributed by atoms with E-state index in [0.29, 0.717) is 0 Å². The van der Waals surface area contributed by atoms with Crippen LogP contribution in [0.2, 0.25) is 0 Å². The van der Waals surface area contributed by atoms with Crippen LogP contribution in [0.1, 0.15) is 20.8 Å². The van der Waals surface area contributed by atoms with Crippen LogP contribution in [0.4, 0.5) is 19.4 Å². The fraction of sp³-hybridized carbons (Fsp3) is 0.600. The molecular formula is C10H15F2N3O2. The summed E-state index contributed by atoms with van der Waals surface area (Å²) < 4.78 is 30.4. The molecule has 1 heterocycles. The summed E-state index contributed by atoms with van der Waals surface area (Å²) in [6, 6.07) is 1.42. The van der Waals surface area contributed by atoms with Crippen molar-refractivity contribution < 1.29 is 18.3 Å². The first-order valence-corrected chi connectivity index (χ1v) is 5.08. The van der Waals surface area contributed by atoms with E-state index in [-0.39, 0.29) is 5.82 Å². The van der Waals surface area contributed by atoms with Gasteiger partial charge in [-0.25, -0.2) is 18.3 Å². The highest BCUT2D eigenvalue weighted by Crippen LogP contribution is 2.12. The minimum Gasteiger partial charge on any atom is -0.444 e. The van der Waals surface area contributed by atoms with E-state index in [9.17, 15) is 13.6 Å². The Balaban J connectivity index is 2.62. The van der Waals surface area contributed by atoms with Gasteiger partial charge in [-0.15, -0.1) is 0 Å². The first kappa shape index (κ1) is 13.4. The zero-order valence-electron chi connectivity index (χ0n) is 9.91. The Morgan fingerprint density at radius 2 is 2.24 bits per heavy atom. The standard InChI is InChI=1S/C10H15F2N3O2/c1-10(2,3)17-9(16)14-8-4-5-13-15(8)6-7(11)12/h4-5,7H,6H2,1-3H3,(H,14,16). The van der Waals surface area contributed by atoms with Crippen molar-refractivity contribution >= 4 is 11.9 Å². The average molecular weight is 247 g/mol. The number of halogens is 2. The van der Waals surface area contributed by atoms with Crippen molar-refractivity contribution in [3.63, 3.8) is 0 Å². The van der Waals surface area contributed by atoms with Gasteiger partial charge >= 0.3 is 6.09 Å². The summed E-state index contributed by atoms with van der Waals surface area (Å²) in [5.74, 6) is 0.180. The second kappa shape index (κ2) is 5.11. The van der Waals surface area contributed by atoms with Gasteiger partial charge < -0.3 is 4.74 Å². The number of amides is 1. The Morgan fingerprint density at radius 1 is 1.59 bits per heavy atom. The Kier molecular flexibility index (Phi) is 4.03. The second-order valence-electron chi connectivity index (χ2n) is 4.42. The molecule has 17 heavy (non-hydrogen) atoms. The van der Waals surface area contributed by atoms with E-state index in [0.717, 1.165) is 4.68 Å². The molecule has 96 valence electrons. The Labute approximate surface area is 97.7 Å². The van der Waals surface area contributed by atoms with Crippen LogP contribution in [-0.4, -0.2) is 27.9 Å². The molecular weight excluding hydrogens is 232 g/mol. The maximum atomic E-state index is 12.2. The molecule has 5 nitrogen and oxygen atoms in total. The molecule has 0 fully saturated rings. The first-order chi connectivity index (χ1) is 7.78. The van der Waals surface area contributed by atoms with Crippen LogP contribution in [0, 0.1) is 0 Å². The van der Waals surface area contributed by atoms with Crippen molar-refractivity contribution in [1.82, 2.24) is 9.78 Å². The van der Waals surface area contributed by atoms with Gasteiger partial charge in [0.05, 0.1) is 6.20 Å². The summed E-state index contributed by atoms with van der Waals surface area (Å²) in [6.45, 7) is 4.56. The highest BCUT2D eigenvalue weighted by molar-refractivity contribution is 5.83. The fourth-order valence-corrected chi connectivity index (χ4v) is 1.12. The van der Waals surface area contributed by atoms with Gasteiger partial charge in [0.1, 0.15) is 18.0 Å². The highest BCUT2D eigenvalue weighted by atomic mass is 19.3. The lowest BCUT2D eigenvalue weighted by Crippen LogP contribution is -2.28. The lowest BCUT2D eigenvalue weighted by atomic mass is 10.2. The molecule has 0 aliphatic rings. The zero-order valence-corrected chi connectivity index (χ0v) is 9.91. The average Bonchev–Trinajstić information content (AvgIpc) is 2.47. The SMILES string of the molecule is CC(C)(C)OC(=O)Nc1ccnn1CC(F)F. The van der Waals surface area contributed by atoms with Crippen molar-refractivity contribution in [3.05, 3.63) is 12.3 Å². The number of carbonyl (C=O) groups excluding carboxylic acids is 1. The Bertz CT molecular complexity index is 385. The first-order valence-electron chi connectivity index (χ1n) is 5.08. The number of hydrogen-bond acceptors (Lipinski definition) is 3. The van der Waals surface area contributed by atoms with E-state index in [1.165, 1.54) is 12.3 Å². The van der Waals surface area contributed by atoms with E-state index in [1.54, 1.807) is 20.8 Å². The largest absolute Gasteiger partial charge is 0.444 e. The molecule has 0 aliphatic heterocycles. The molecule has 0 aromatic carbocycles. The topological polar surface area (TPSA) is 56.1 Å².